The highest BCUT2D eigenvalue weighted by atomic mass is 16.7. The summed E-state index contributed by atoms with van der Waals surface area (Å²) < 4.78 is 55.4. The number of aryl methyl sites for hydroxylation is 1. The number of pyridine rings is 1. The Kier molecular flexibility index (Phi) is 25.1. The first kappa shape index (κ1) is 69.9. The zero-order chi connectivity index (χ0) is 62.6. The number of alkyl carbamates (subject to hydrolysis) is 1. The maximum atomic E-state index is 13.7. The van der Waals surface area contributed by atoms with Crippen LogP contribution in [0.5, 0.6) is 0 Å². The molecule has 474 valence electrons. The van der Waals surface area contributed by atoms with Crippen molar-refractivity contribution < 1.29 is 87.4 Å². The fraction of sp³-hybridized carbons (Fsp3) is 0.767. The summed E-state index contributed by atoms with van der Waals surface area (Å²) in [6.45, 7) is 21.1. The second kappa shape index (κ2) is 30.2. The average Bonchev–Trinajstić information content (AvgIpc) is 0.898. The first-order valence-corrected chi connectivity index (χ1v) is 29.3. The van der Waals surface area contributed by atoms with Crippen molar-refractivity contribution in [2.24, 2.45) is 28.8 Å². The smallest absolute Gasteiger partial charge is 0.407 e. The Bertz CT molecular complexity index is 2660. The first-order valence-electron chi connectivity index (χ1n) is 29.3. The van der Waals surface area contributed by atoms with E-state index in [1.807, 2.05) is 58.8 Å². The van der Waals surface area contributed by atoms with E-state index in [1.54, 1.807) is 59.1 Å². The predicted molar refractivity (Wildman–Crippen MR) is 308 cm³/mol. The van der Waals surface area contributed by atoms with Gasteiger partial charge in [0.05, 0.1) is 67.5 Å². The van der Waals surface area contributed by atoms with Crippen LogP contribution in [0.3, 0.4) is 0 Å². The van der Waals surface area contributed by atoms with Crippen molar-refractivity contribution in [3.63, 3.8) is 0 Å². The zero-order valence-electron chi connectivity index (χ0n) is 51.9. The minimum absolute atomic E-state index is 0.0722. The van der Waals surface area contributed by atoms with Crippen LogP contribution in [-0.4, -0.2) is 192 Å². The second-order valence-corrected chi connectivity index (χ2v) is 24.3. The van der Waals surface area contributed by atoms with E-state index in [9.17, 15) is 50.0 Å². The number of hydrogen-bond donors (Lipinski definition) is 6. The molecule has 3 aliphatic heterocycles. The van der Waals surface area contributed by atoms with Crippen LogP contribution in [-0.2, 0) is 71.0 Å². The summed E-state index contributed by atoms with van der Waals surface area (Å²) in [5.74, 6) is -4.84. The highest BCUT2D eigenvalue weighted by Gasteiger charge is 2.50. The Hall–Kier alpha value is -4.88. The molecule has 0 aliphatic carbocycles. The van der Waals surface area contributed by atoms with Crippen molar-refractivity contribution in [1.29, 1.82) is 5.26 Å². The van der Waals surface area contributed by atoms with Gasteiger partial charge in [-0.2, -0.15) is 5.26 Å². The number of nitrogens with zero attached hydrogens (tertiary/aromatic N) is 4. The number of likely N-dealkylation sites (N-methyl/N-ethyl adjacent to an activating group) is 1. The summed E-state index contributed by atoms with van der Waals surface area (Å²) in [5, 5.41) is 73.2. The molecule has 3 aliphatic rings. The van der Waals surface area contributed by atoms with E-state index in [4.69, 9.17) is 47.5 Å². The number of benzene rings is 1. The van der Waals surface area contributed by atoms with Gasteiger partial charge in [0.2, 0.25) is 12.0 Å². The van der Waals surface area contributed by atoms with Crippen LogP contribution in [0.15, 0.2) is 28.3 Å². The molecule has 4 heterocycles. The Labute approximate surface area is 493 Å². The molecular weight excluding hydrogens is 1090 g/mol. The molecule has 3 unspecified atom stereocenters. The van der Waals surface area contributed by atoms with Gasteiger partial charge in [0.15, 0.2) is 18.7 Å². The fourth-order valence-electron chi connectivity index (χ4n) is 11.8. The molecule has 84 heavy (non-hydrogen) atoms. The minimum atomic E-state index is -2.04. The number of carbonyl (C=O) groups is 3. The first-order chi connectivity index (χ1) is 39.4. The number of nitrogens with one attached hydrogen (secondary N) is 1. The predicted octanol–water partition coefficient (Wildman–Crippen LogP) is 5.37. The van der Waals surface area contributed by atoms with Gasteiger partial charge >= 0.3 is 18.0 Å². The Morgan fingerprint density at radius 2 is 1.73 bits per heavy atom. The molecular formula is C60H95N5O19. The zero-order valence-corrected chi connectivity index (χ0v) is 51.9. The number of oxime groups is 1. The molecule has 16 atom stereocenters. The van der Waals surface area contributed by atoms with Crippen LogP contribution >= 0.6 is 0 Å². The Balaban J connectivity index is 1.09. The van der Waals surface area contributed by atoms with E-state index < -0.39 is 119 Å². The van der Waals surface area contributed by atoms with Gasteiger partial charge < -0.3 is 87.8 Å². The molecule has 2 saturated heterocycles. The van der Waals surface area contributed by atoms with Crippen molar-refractivity contribution >= 4 is 34.6 Å². The second-order valence-electron chi connectivity index (χ2n) is 24.3. The summed E-state index contributed by atoms with van der Waals surface area (Å²) >= 11 is 0. The van der Waals surface area contributed by atoms with E-state index >= 15 is 0 Å². The minimum Gasteiger partial charge on any atom is -0.477 e. The van der Waals surface area contributed by atoms with Gasteiger partial charge in [-0.1, -0.05) is 38.9 Å². The Morgan fingerprint density at radius 3 is 2.36 bits per heavy atom. The highest BCUT2D eigenvalue weighted by Crippen LogP contribution is 2.38. The van der Waals surface area contributed by atoms with E-state index in [0.29, 0.717) is 43.2 Å². The molecule has 1 amide bonds. The van der Waals surface area contributed by atoms with E-state index in [1.165, 1.54) is 20.2 Å². The molecule has 0 radical (unpaired) electrons. The normalized spacial score (nSPS) is 27.0. The average molecular weight is 1190 g/mol. The van der Waals surface area contributed by atoms with Crippen molar-refractivity contribution in [2.75, 3.05) is 60.8 Å². The maximum absolute atomic E-state index is 13.7. The number of rotatable bonds is 31. The molecule has 5 rings (SSSR count). The summed E-state index contributed by atoms with van der Waals surface area (Å²) in [6, 6.07) is 5.39. The van der Waals surface area contributed by atoms with Gasteiger partial charge in [0, 0.05) is 67.6 Å². The van der Waals surface area contributed by atoms with Gasteiger partial charge in [0.25, 0.3) is 0 Å². The quantitative estimate of drug-likeness (QED) is 0.0239. The molecule has 1 aromatic heterocycles. The van der Waals surface area contributed by atoms with Crippen molar-refractivity contribution in [1.82, 2.24) is 14.8 Å². The lowest BCUT2D eigenvalue weighted by atomic mass is 9.74. The number of esters is 1. The molecule has 24 heteroatoms. The third kappa shape index (κ3) is 17.2. The molecule has 0 bridgehead atoms. The summed E-state index contributed by atoms with van der Waals surface area (Å²) in [6.07, 6.45) is -3.99. The van der Waals surface area contributed by atoms with Gasteiger partial charge in [0.1, 0.15) is 40.8 Å². The number of aliphatic hydroxyl groups is 4. The van der Waals surface area contributed by atoms with Crippen molar-refractivity contribution in [2.45, 2.75) is 212 Å². The number of aromatic nitrogens is 1. The Morgan fingerprint density at radius 1 is 1.02 bits per heavy atom. The number of carbonyl (C=O) groups excluding carboxylic acids is 2. The standard InChI is InChI=1S/C60H95N5O19/c1-16-41(33-78-55-50(67)44(64(13)14)25-36(5)81-55)58(10,73)28-34(3)47(63-80-23-20-61)37(6)51(68)60(12,74)45(17-2)83-54(71)35(4)31-77-46-29-59(11,75-15)52(38(7)82-46)84-56(72)62-21-24-76-22-18-19-39-26-40-32-79-57(8,9)65-30-43(53(69)70)49(66)42(27-39)48(40)65/h26-27,30,34-38,41,44-46,50-52,55,67-68,73-74H,16-19,21-25,28-29,31-33H2,1-15H3,(H,62,72)(H,69,70)/b63-47+/t34-,35-,36-,37?,38+,41?,44+,45-,46-,50-,51?,52+,55-,58-,59-,60-/m1/s1. The fourth-order valence-corrected chi connectivity index (χ4v) is 11.8. The van der Waals surface area contributed by atoms with Gasteiger partial charge in [-0.15, -0.1) is 0 Å². The topological polar surface area (TPSA) is 318 Å². The lowest BCUT2D eigenvalue weighted by molar-refractivity contribution is -0.278. The summed E-state index contributed by atoms with van der Waals surface area (Å²) in [5.41, 5.74) is -3.66. The molecule has 1 aromatic carbocycles. The van der Waals surface area contributed by atoms with Gasteiger partial charge in [-0.25, -0.2) is 9.59 Å². The van der Waals surface area contributed by atoms with E-state index in [0.717, 1.165) is 11.1 Å². The molecule has 0 spiro atoms. The lowest BCUT2D eigenvalue weighted by Crippen LogP contribution is -2.58. The number of carboxylic acid groups (broad SMARTS) is 1. The van der Waals surface area contributed by atoms with Crippen molar-refractivity contribution in [3.05, 3.63) is 45.2 Å². The molecule has 24 nitrogen and oxygen atoms in total. The van der Waals surface area contributed by atoms with E-state index in [-0.39, 0.29) is 75.7 Å². The number of amides is 1. The number of ether oxygens (including phenoxy) is 9. The highest BCUT2D eigenvalue weighted by molar-refractivity contribution is 5.94. The van der Waals surface area contributed by atoms with Gasteiger partial charge in [-0.3, -0.25) is 9.59 Å². The number of methoxy groups -OCH3 is 1. The monoisotopic (exact) mass is 1190 g/mol. The van der Waals surface area contributed by atoms with Crippen LogP contribution in [0.1, 0.15) is 143 Å². The molecule has 2 fully saturated rings. The third-order valence-electron chi connectivity index (χ3n) is 17.0. The molecule has 2 aromatic rings. The lowest BCUT2D eigenvalue weighted by Gasteiger charge is -2.45. The van der Waals surface area contributed by atoms with E-state index in [2.05, 4.69) is 10.5 Å². The van der Waals surface area contributed by atoms with Gasteiger partial charge in [-0.05, 0) is 120 Å². The summed E-state index contributed by atoms with van der Waals surface area (Å²) in [4.78, 5) is 59.1. The number of aliphatic hydroxyl groups excluding tert-OH is 2. The summed E-state index contributed by atoms with van der Waals surface area (Å²) in [7, 11) is 5.26. The van der Waals surface area contributed by atoms with Crippen molar-refractivity contribution in [3.8, 4) is 6.07 Å². The number of aromatic carboxylic acids is 1. The largest absolute Gasteiger partial charge is 0.477 e. The van der Waals surface area contributed by atoms with Crippen LogP contribution in [0, 0.1) is 35.0 Å². The van der Waals surface area contributed by atoms with Crippen LogP contribution in [0.25, 0.3) is 10.9 Å². The number of nitriles is 1. The van der Waals surface area contributed by atoms with Crippen LogP contribution in [0.4, 0.5) is 4.79 Å². The van der Waals surface area contributed by atoms with Crippen LogP contribution < -0.4 is 10.7 Å². The molecule has 0 saturated carbocycles. The van der Waals surface area contributed by atoms with Crippen LogP contribution in [0.2, 0.25) is 0 Å². The third-order valence-corrected chi connectivity index (χ3v) is 17.0. The maximum Gasteiger partial charge on any atom is 0.407 e. The number of hydrogen-bond acceptors (Lipinski definition) is 21. The number of carboxylic acids is 1. The molecule has 6 N–H and O–H groups in total. The SMILES string of the molecule is CCC(CO[C@@H]1O[C@H](C)C[C@H](N(C)C)[C@H]1O)[C@](C)(O)C[C@@H](C)/C(=N\OCC#N)C(C)C(O)[C@](C)(O)[C@@H](CC)OC(=O)[C@H](C)CO[C@H]1C[C@@](C)(OC)[C@@H](OC(=O)NCCOCCCc2cc3c4c(c2)c(=O)c(C(=O)O)cn4C(C)(C)OC3)[C@H](C)O1.